The van der Waals surface area contributed by atoms with Gasteiger partial charge < -0.3 is 4.74 Å². The van der Waals surface area contributed by atoms with Crippen LogP contribution < -0.4 is 0 Å². The molecule has 1 aromatic heterocycles. The van der Waals surface area contributed by atoms with Crippen molar-refractivity contribution < 1.29 is 9.53 Å². The highest BCUT2D eigenvalue weighted by Gasteiger charge is 2.16. The van der Waals surface area contributed by atoms with Gasteiger partial charge in [-0.15, -0.1) is 11.3 Å². The predicted octanol–water partition coefficient (Wildman–Crippen LogP) is 3.14. The van der Waals surface area contributed by atoms with Gasteiger partial charge in [-0.25, -0.2) is 0 Å². The van der Waals surface area contributed by atoms with Crippen LogP contribution in [0.4, 0.5) is 0 Å². The average molecular weight is 224 g/mol. The Morgan fingerprint density at radius 2 is 2.40 bits per heavy atom. The second kappa shape index (κ2) is 5.42. The summed E-state index contributed by atoms with van der Waals surface area (Å²) in [6, 6.07) is 3.74. The van der Waals surface area contributed by atoms with Gasteiger partial charge >= 0.3 is 0 Å². The summed E-state index contributed by atoms with van der Waals surface area (Å²) in [5.74, 6) is 0.973. The Balaban J connectivity index is 1.59. The molecule has 0 radical (unpaired) electrons. The first-order valence-corrected chi connectivity index (χ1v) is 6.38. The summed E-state index contributed by atoms with van der Waals surface area (Å²) in [6.45, 7) is 0.981. The smallest absolute Gasteiger partial charge is 0.198 e. The largest absolute Gasteiger partial charge is 0.373 e. The third kappa shape index (κ3) is 3.14. The molecule has 1 fully saturated rings. The van der Waals surface area contributed by atoms with E-state index in [2.05, 4.69) is 0 Å². The molecule has 0 spiro atoms. The lowest BCUT2D eigenvalue weighted by molar-refractivity contribution is 0.0708. The molecule has 1 heterocycles. The molecular formula is C12H16O2S. The number of hydrogen-bond donors (Lipinski definition) is 0. The number of rotatable bonds is 6. The molecule has 1 aliphatic rings. The minimum absolute atomic E-state index is 0.110. The van der Waals surface area contributed by atoms with Crippen LogP contribution in [0.25, 0.3) is 0 Å². The van der Waals surface area contributed by atoms with Gasteiger partial charge in [-0.05, 0) is 23.8 Å². The van der Waals surface area contributed by atoms with E-state index in [1.807, 2.05) is 17.5 Å². The van der Waals surface area contributed by atoms with E-state index in [-0.39, 0.29) is 12.4 Å². The quantitative estimate of drug-likeness (QED) is 0.548. The number of carbonyl (C=O) groups excluding carboxylic acids is 1. The summed E-state index contributed by atoms with van der Waals surface area (Å²) >= 11 is 1.48. The second-order valence-electron chi connectivity index (χ2n) is 4.04. The van der Waals surface area contributed by atoms with Crippen molar-refractivity contribution in [2.75, 3.05) is 13.2 Å². The van der Waals surface area contributed by atoms with Crippen LogP contribution >= 0.6 is 11.3 Å². The van der Waals surface area contributed by atoms with Crippen LogP contribution in [0.5, 0.6) is 0 Å². The van der Waals surface area contributed by atoms with Gasteiger partial charge in [-0.3, -0.25) is 4.79 Å². The predicted molar refractivity (Wildman–Crippen MR) is 61.4 cm³/mol. The molecule has 2 rings (SSSR count). The molecule has 0 amide bonds. The van der Waals surface area contributed by atoms with Crippen LogP contribution in [0, 0.1) is 5.92 Å². The van der Waals surface area contributed by atoms with E-state index in [0.29, 0.717) is 0 Å². The van der Waals surface area contributed by atoms with Gasteiger partial charge in [0.25, 0.3) is 0 Å². The van der Waals surface area contributed by atoms with E-state index in [1.165, 1.54) is 30.6 Å². The fourth-order valence-corrected chi connectivity index (χ4v) is 2.36. The Bertz CT molecular complexity index is 301. The van der Waals surface area contributed by atoms with Gasteiger partial charge in [-0.1, -0.05) is 25.3 Å². The molecule has 0 N–H and O–H groups in total. The minimum Gasteiger partial charge on any atom is -0.373 e. The highest BCUT2D eigenvalue weighted by Crippen LogP contribution is 2.29. The monoisotopic (exact) mass is 224 g/mol. The highest BCUT2D eigenvalue weighted by molar-refractivity contribution is 7.12. The van der Waals surface area contributed by atoms with E-state index >= 15 is 0 Å². The summed E-state index contributed by atoms with van der Waals surface area (Å²) < 4.78 is 5.38. The zero-order valence-corrected chi connectivity index (χ0v) is 9.59. The minimum atomic E-state index is 0.110. The van der Waals surface area contributed by atoms with E-state index in [4.69, 9.17) is 4.74 Å². The third-order valence-corrected chi connectivity index (χ3v) is 3.84. The van der Waals surface area contributed by atoms with Crippen molar-refractivity contribution in [3.05, 3.63) is 22.4 Å². The number of Topliss-reactive ketones (excluding diaryl/α,β-unsaturated/α-hetero) is 1. The van der Waals surface area contributed by atoms with E-state index in [9.17, 15) is 4.79 Å². The maximum absolute atomic E-state index is 11.5. The van der Waals surface area contributed by atoms with E-state index < -0.39 is 0 Å². The van der Waals surface area contributed by atoms with Crippen molar-refractivity contribution in [1.82, 2.24) is 0 Å². The first-order valence-electron chi connectivity index (χ1n) is 5.50. The maximum atomic E-state index is 11.5. The lowest BCUT2D eigenvalue weighted by Gasteiger charge is -2.24. The molecule has 0 unspecified atom stereocenters. The molecule has 0 bridgehead atoms. The Morgan fingerprint density at radius 3 is 3.00 bits per heavy atom. The van der Waals surface area contributed by atoms with Gasteiger partial charge in [0.15, 0.2) is 5.78 Å². The number of carbonyl (C=O) groups is 1. The van der Waals surface area contributed by atoms with Crippen LogP contribution in [0.2, 0.25) is 0 Å². The van der Waals surface area contributed by atoms with Gasteiger partial charge in [-0.2, -0.15) is 0 Å². The van der Waals surface area contributed by atoms with Crippen molar-refractivity contribution in [3.8, 4) is 0 Å². The summed E-state index contributed by atoms with van der Waals surface area (Å²) in [5, 5.41) is 1.92. The molecule has 1 aliphatic carbocycles. The molecule has 1 saturated carbocycles. The highest BCUT2D eigenvalue weighted by atomic mass is 32.1. The Hall–Kier alpha value is -0.670. The van der Waals surface area contributed by atoms with Crippen LogP contribution in [0.3, 0.4) is 0 Å². The zero-order valence-electron chi connectivity index (χ0n) is 8.78. The number of ether oxygens (including phenoxy) is 1. The van der Waals surface area contributed by atoms with Crippen molar-refractivity contribution in [1.29, 1.82) is 0 Å². The molecule has 0 atom stereocenters. The Labute approximate surface area is 94.3 Å². The number of ketones is 1. The molecule has 3 heteroatoms. The maximum Gasteiger partial charge on any atom is 0.198 e. The van der Waals surface area contributed by atoms with Gasteiger partial charge in [0.05, 0.1) is 4.88 Å². The summed E-state index contributed by atoms with van der Waals surface area (Å²) in [7, 11) is 0. The molecule has 15 heavy (non-hydrogen) atoms. The Morgan fingerprint density at radius 1 is 1.53 bits per heavy atom. The van der Waals surface area contributed by atoms with Crippen LogP contribution in [0.15, 0.2) is 17.5 Å². The first kappa shape index (κ1) is 10.8. The normalized spacial score (nSPS) is 16.3. The van der Waals surface area contributed by atoms with E-state index in [0.717, 1.165) is 23.8 Å². The molecule has 2 nitrogen and oxygen atoms in total. The van der Waals surface area contributed by atoms with Crippen molar-refractivity contribution in [3.63, 3.8) is 0 Å². The lowest BCUT2D eigenvalue weighted by Crippen LogP contribution is -2.15. The standard InChI is InChI=1S/C12H16O2S/c13-11(12-5-2-8-15-12)9-14-7-6-10-3-1-4-10/h2,5,8,10H,1,3-4,6-7,9H2. The topological polar surface area (TPSA) is 26.3 Å². The van der Waals surface area contributed by atoms with Crippen LogP contribution in [-0.2, 0) is 4.74 Å². The fourth-order valence-electron chi connectivity index (χ4n) is 1.70. The zero-order chi connectivity index (χ0) is 10.5. The molecular weight excluding hydrogens is 208 g/mol. The van der Waals surface area contributed by atoms with Crippen molar-refractivity contribution >= 4 is 17.1 Å². The summed E-state index contributed by atoms with van der Waals surface area (Å²) in [4.78, 5) is 12.3. The van der Waals surface area contributed by atoms with Gasteiger partial charge in [0, 0.05) is 6.61 Å². The van der Waals surface area contributed by atoms with E-state index in [1.54, 1.807) is 0 Å². The third-order valence-electron chi connectivity index (χ3n) is 2.92. The number of hydrogen-bond acceptors (Lipinski definition) is 3. The van der Waals surface area contributed by atoms with Crippen molar-refractivity contribution in [2.45, 2.75) is 25.7 Å². The lowest BCUT2D eigenvalue weighted by atomic mass is 9.83. The summed E-state index contributed by atoms with van der Waals surface area (Å²) in [5.41, 5.74) is 0. The molecule has 1 aromatic rings. The molecule has 82 valence electrons. The van der Waals surface area contributed by atoms with Gasteiger partial charge in [0.2, 0.25) is 0 Å². The average Bonchev–Trinajstić information content (AvgIpc) is 2.67. The van der Waals surface area contributed by atoms with Crippen molar-refractivity contribution in [2.24, 2.45) is 5.92 Å². The SMILES string of the molecule is O=C(COCCC1CCC1)c1cccs1. The second-order valence-corrected chi connectivity index (χ2v) is 4.99. The first-order chi connectivity index (χ1) is 7.36. The Kier molecular flexibility index (Phi) is 3.92. The van der Waals surface area contributed by atoms with Crippen LogP contribution in [0.1, 0.15) is 35.4 Å². The summed E-state index contributed by atoms with van der Waals surface area (Å²) in [6.07, 6.45) is 5.20. The molecule has 0 aromatic carbocycles. The molecule has 0 saturated heterocycles. The number of thiophene rings is 1. The molecule has 0 aliphatic heterocycles. The van der Waals surface area contributed by atoms with Crippen LogP contribution in [-0.4, -0.2) is 19.0 Å². The fraction of sp³-hybridized carbons (Fsp3) is 0.583. The van der Waals surface area contributed by atoms with Gasteiger partial charge in [0.1, 0.15) is 6.61 Å².